The summed E-state index contributed by atoms with van der Waals surface area (Å²) < 4.78 is 0. The first-order chi connectivity index (χ1) is 6.86. The highest BCUT2D eigenvalue weighted by molar-refractivity contribution is 5.23. The molecule has 0 aliphatic heterocycles. The van der Waals surface area contributed by atoms with Gasteiger partial charge in [0.15, 0.2) is 0 Å². The minimum absolute atomic E-state index is 0.837. The Morgan fingerprint density at radius 1 is 0.929 bits per heavy atom. The standard InChI is InChI=1S/C10H18N4/c1-11-13-7-9-4-3-5-10(6-9)8-14-12-2/h3-6,11-14H,7-8H2,1-2H3. The number of hydrogen-bond acceptors (Lipinski definition) is 4. The fourth-order valence-electron chi connectivity index (χ4n) is 1.23. The monoisotopic (exact) mass is 194 g/mol. The Labute approximate surface area is 85.0 Å². The van der Waals surface area contributed by atoms with Crippen molar-refractivity contribution >= 4 is 0 Å². The second-order valence-corrected chi connectivity index (χ2v) is 3.03. The van der Waals surface area contributed by atoms with Gasteiger partial charge in [-0.2, -0.15) is 0 Å². The summed E-state index contributed by atoms with van der Waals surface area (Å²) in [5.41, 5.74) is 14.5. The van der Waals surface area contributed by atoms with Gasteiger partial charge in [0.1, 0.15) is 0 Å². The van der Waals surface area contributed by atoms with Crippen LogP contribution in [0, 0.1) is 0 Å². The third kappa shape index (κ3) is 3.85. The molecule has 1 aromatic rings. The Morgan fingerprint density at radius 3 is 1.86 bits per heavy atom. The van der Waals surface area contributed by atoms with Gasteiger partial charge < -0.3 is 0 Å². The summed E-state index contributed by atoms with van der Waals surface area (Å²) >= 11 is 0. The smallest absolute Gasteiger partial charge is 0.0351 e. The number of hydrogen-bond donors (Lipinski definition) is 4. The van der Waals surface area contributed by atoms with Crippen molar-refractivity contribution in [2.75, 3.05) is 14.1 Å². The molecular formula is C10H18N4. The molecule has 0 fully saturated rings. The van der Waals surface area contributed by atoms with E-state index in [0.29, 0.717) is 0 Å². The van der Waals surface area contributed by atoms with E-state index in [1.54, 1.807) is 0 Å². The molecule has 0 aliphatic rings. The Bertz CT molecular complexity index is 239. The van der Waals surface area contributed by atoms with E-state index in [1.165, 1.54) is 11.1 Å². The number of benzene rings is 1. The van der Waals surface area contributed by atoms with Crippen LogP contribution in [0.15, 0.2) is 24.3 Å². The van der Waals surface area contributed by atoms with Crippen LogP contribution in [0.5, 0.6) is 0 Å². The molecule has 0 amide bonds. The molecule has 0 aliphatic carbocycles. The zero-order chi connectivity index (χ0) is 10.2. The molecule has 0 atom stereocenters. The van der Waals surface area contributed by atoms with Crippen molar-refractivity contribution in [3.8, 4) is 0 Å². The largest absolute Gasteiger partial charge is 0.261 e. The maximum atomic E-state index is 3.06. The molecule has 1 rings (SSSR count). The first kappa shape index (κ1) is 11.1. The van der Waals surface area contributed by atoms with Crippen LogP contribution in [-0.2, 0) is 13.1 Å². The summed E-state index contributed by atoms with van der Waals surface area (Å²) in [7, 11) is 3.73. The minimum atomic E-state index is 0.837. The number of hydrazine groups is 2. The van der Waals surface area contributed by atoms with Crippen LogP contribution in [0.25, 0.3) is 0 Å². The molecule has 1 aromatic carbocycles. The minimum Gasteiger partial charge on any atom is -0.261 e. The Hall–Kier alpha value is -0.940. The van der Waals surface area contributed by atoms with E-state index in [-0.39, 0.29) is 0 Å². The lowest BCUT2D eigenvalue weighted by Gasteiger charge is -2.06. The zero-order valence-electron chi connectivity index (χ0n) is 8.72. The van der Waals surface area contributed by atoms with Crippen LogP contribution < -0.4 is 21.7 Å². The van der Waals surface area contributed by atoms with Crippen LogP contribution in [0.3, 0.4) is 0 Å². The summed E-state index contributed by atoms with van der Waals surface area (Å²) in [4.78, 5) is 0. The molecule has 0 saturated carbocycles. The fraction of sp³-hybridized carbons (Fsp3) is 0.400. The van der Waals surface area contributed by atoms with Gasteiger partial charge in [0, 0.05) is 13.1 Å². The third-order valence-electron chi connectivity index (χ3n) is 1.93. The van der Waals surface area contributed by atoms with Crippen LogP contribution in [0.1, 0.15) is 11.1 Å². The summed E-state index contributed by atoms with van der Waals surface area (Å²) in [5, 5.41) is 0. The van der Waals surface area contributed by atoms with E-state index >= 15 is 0 Å². The van der Waals surface area contributed by atoms with Gasteiger partial charge in [-0.3, -0.25) is 21.7 Å². The molecule has 4 heteroatoms. The van der Waals surface area contributed by atoms with Crippen molar-refractivity contribution < 1.29 is 0 Å². The topological polar surface area (TPSA) is 48.1 Å². The van der Waals surface area contributed by atoms with Gasteiger partial charge >= 0.3 is 0 Å². The maximum absolute atomic E-state index is 3.06. The lowest BCUT2D eigenvalue weighted by molar-refractivity contribution is 0.588. The quantitative estimate of drug-likeness (QED) is 0.486. The highest BCUT2D eigenvalue weighted by Crippen LogP contribution is 2.04. The zero-order valence-corrected chi connectivity index (χ0v) is 8.72. The van der Waals surface area contributed by atoms with Gasteiger partial charge in [0.25, 0.3) is 0 Å². The highest BCUT2D eigenvalue weighted by Gasteiger charge is 1.94. The molecule has 14 heavy (non-hydrogen) atoms. The molecule has 0 heterocycles. The molecule has 0 spiro atoms. The second-order valence-electron chi connectivity index (χ2n) is 3.03. The van der Waals surface area contributed by atoms with Crippen molar-refractivity contribution in [2.24, 2.45) is 0 Å². The van der Waals surface area contributed by atoms with Crippen molar-refractivity contribution in [3.05, 3.63) is 35.4 Å². The van der Waals surface area contributed by atoms with Crippen LogP contribution in [0.4, 0.5) is 0 Å². The average Bonchev–Trinajstić information content (AvgIpc) is 2.24. The summed E-state index contributed by atoms with van der Waals surface area (Å²) in [6, 6.07) is 8.45. The van der Waals surface area contributed by atoms with Gasteiger partial charge in [0.05, 0.1) is 0 Å². The van der Waals surface area contributed by atoms with Gasteiger partial charge in [-0.05, 0) is 25.2 Å². The number of rotatable bonds is 6. The highest BCUT2D eigenvalue weighted by atomic mass is 15.3. The van der Waals surface area contributed by atoms with Crippen molar-refractivity contribution in [3.63, 3.8) is 0 Å². The normalized spacial score (nSPS) is 10.4. The molecule has 0 aromatic heterocycles. The lowest BCUT2D eigenvalue weighted by atomic mass is 10.1. The fourth-order valence-corrected chi connectivity index (χ4v) is 1.23. The summed E-state index contributed by atoms with van der Waals surface area (Å²) in [6.45, 7) is 1.67. The molecule has 0 unspecified atom stereocenters. The Kier molecular flexibility index (Phi) is 5.17. The second kappa shape index (κ2) is 6.50. The van der Waals surface area contributed by atoms with Crippen molar-refractivity contribution in [1.82, 2.24) is 21.7 Å². The number of nitrogens with one attached hydrogen (secondary N) is 4. The third-order valence-corrected chi connectivity index (χ3v) is 1.93. The molecule has 78 valence electrons. The molecule has 0 saturated heterocycles. The van der Waals surface area contributed by atoms with Gasteiger partial charge in [-0.25, -0.2) is 0 Å². The van der Waals surface area contributed by atoms with E-state index in [9.17, 15) is 0 Å². The predicted octanol–water partition coefficient (Wildman–Crippen LogP) is 0.135. The molecule has 4 N–H and O–H groups in total. The van der Waals surface area contributed by atoms with Crippen LogP contribution in [0.2, 0.25) is 0 Å². The first-order valence-corrected chi connectivity index (χ1v) is 4.74. The summed E-state index contributed by atoms with van der Waals surface area (Å²) in [6.07, 6.45) is 0. The van der Waals surface area contributed by atoms with Crippen molar-refractivity contribution in [2.45, 2.75) is 13.1 Å². The van der Waals surface area contributed by atoms with Gasteiger partial charge in [-0.1, -0.05) is 24.3 Å². The van der Waals surface area contributed by atoms with Crippen LogP contribution >= 0.6 is 0 Å². The summed E-state index contributed by atoms with van der Waals surface area (Å²) in [5.74, 6) is 0. The lowest BCUT2D eigenvalue weighted by Crippen LogP contribution is -2.27. The van der Waals surface area contributed by atoms with E-state index in [1.807, 2.05) is 14.1 Å². The van der Waals surface area contributed by atoms with Crippen molar-refractivity contribution in [1.29, 1.82) is 0 Å². The van der Waals surface area contributed by atoms with E-state index in [2.05, 4.69) is 46.0 Å². The molecule has 0 radical (unpaired) electrons. The van der Waals surface area contributed by atoms with Crippen LogP contribution in [-0.4, -0.2) is 14.1 Å². The molecule has 4 nitrogen and oxygen atoms in total. The van der Waals surface area contributed by atoms with E-state index < -0.39 is 0 Å². The average molecular weight is 194 g/mol. The Balaban J connectivity index is 2.50. The van der Waals surface area contributed by atoms with E-state index in [4.69, 9.17) is 0 Å². The molecular weight excluding hydrogens is 176 g/mol. The molecule has 0 bridgehead atoms. The van der Waals surface area contributed by atoms with Gasteiger partial charge in [0.2, 0.25) is 0 Å². The Morgan fingerprint density at radius 2 is 1.43 bits per heavy atom. The van der Waals surface area contributed by atoms with Gasteiger partial charge in [-0.15, -0.1) is 0 Å². The maximum Gasteiger partial charge on any atom is 0.0351 e. The van der Waals surface area contributed by atoms with E-state index in [0.717, 1.165) is 13.1 Å². The SMILES string of the molecule is CNNCc1cccc(CNNC)c1. The first-order valence-electron chi connectivity index (χ1n) is 4.74. The predicted molar refractivity (Wildman–Crippen MR) is 58.2 cm³/mol.